The van der Waals surface area contributed by atoms with Crippen LogP contribution < -0.4 is 5.32 Å². The number of nitrogens with one attached hydrogen (secondary N) is 1. The van der Waals surface area contributed by atoms with Gasteiger partial charge in [-0.25, -0.2) is 4.98 Å². The van der Waals surface area contributed by atoms with Crippen molar-refractivity contribution in [2.45, 2.75) is 38.5 Å². The summed E-state index contributed by atoms with van der Waals surface area (Å²) in [6.07, 6.45) is 4.51. The van der Waals surface area contributed by atoms with E-state index in [0.717, 1.165) is 23.4 Å². The zero-order valence-electron chi connectivity index (χ0n) is 11.2. The van der Waals surface area contributed by atoms with E-state index in [4.69, 9.17) is 0 Å². The lowest BCUT2D eigenvalue weighted by atomic mass is 10.1. The number of aromatic nitrogens is 1. The van der Waals surface area contributed by atoms with Crippen LogP contribution in [0.5, 0.6) is 0 Å². The van der Waals surface area contributed by atoms with Crippen molar-refractivity contribution in [3.8, 4) is 0 Å². The van der Waals surface area contributed by atoms with E-state index in [1.165, 1.54) is 22.7 Å². The van der Waals surface area contributed by atoms with Crippen molar-refractivity contribution in [2.75, 3.05) is 5.32 Å². The molecular weight excluding hydrogens is 272 g/mol. The van der Waals surface area contributed by atoms with Crippen molar-refractivity contribution in [3.63, 3.8) is 0 Å². The summed E-state index contributed by atoms with van der Waals surface area (Å²) < 4.78 is 0. The van der Waals surface area contributed by atoms with Crippen LogP contribution in [0.15, 0.2) is 24.4 Å². The van der Waals surface area contributed by atoms with E-state index in [-0.39, 0.29) is 13.2 Å². The highest BCUT2D eigenvalue weighted by atomic mass is 32.1. The second-order valence-corrected chi connectivity index (χ2v) is 6.24. The normalized spacial score (nSPS) is 14.5. The van der Waals surface area contributed by atoms with Crippen molar-refractivity contribution in [1.82, 2.24) is 4.98 Å². The Morgan fingerprint density at radius 2 is 2.00 bits per heavy atom. The molecule has 2 aromatic rings. The van der Waals surface area contributed by atoms with Gasteiger partial charge in [-0.15, -0.1) is 11.3 Å². The summed E-state index contributed by atoms with van der Waals surface area (Å²) in [6.45, 7) is 0.640. The third kappa shape index (κ3) is 3.00. The van der Waals surface area contributed by atoms with Gasteiger partial charge in [-0.3, -0.25) is 0 Å². The molecule has 5 heteroatoms. The number of thiazole rings is 1. The van der Waals surface area contributed by atoms with Gasteiger partial charge < -0.3 is 15.5 Å². The fourth-order valence-electron chi connectivity index (χ4n) is 2.15. The summed E-state index contributed by atoms with van der Waals surface area (Å²) in [5.41, 5.74) is 2.49. The molecule has 0 bridgehead atoms. The summed E-state index contributed by atoms with van der Waals surface area (Å²) in [5, 5.41) is 23.0. The Morgan fingerprint density at radius 1 is 1.20 bits per heavy atom. The molecule has 1 fully saturated rings. The van der Waals surface area contributed by atoms with Gasteiger partial charge in [-0.2, -0.15) is 0 Å². The zero-order valence-corrected chi connectivity index (χ0v) is 12.0. The van der Waals surface area contributed by atoms with Crippen LogP contribution in [0.1, 0.15) is 39.8 Å². The molecule has 0 aliphatic heterocycles. The predicted molar refractivity (Wildman–Crippen MR) is 79.7 cm³/mol. The summed E-state index contributed by atoms with van der Waals surface area (Å²) in [4.78, 5) is 5.68. The standard InChI is InChI=1S/C15H18N2O2S/c18-8-11-3-4-13(5-12(11)9-19)16-6-14-7-17-15(20-14)10-1-2-10/h3-5,7,10,16,18-19H,1-2,6,8-9H2. The molecular formula is C15H18N2O2S. The summed E-state index contributed by atoms with van der Waals surface area (Å²) in [6, 6.07) is 5.65. The SMILES string of the molecule is OCc1ccc(NCc2cnc(C3CC3)s2)cc1CO. The molecule has 106 valence electrons. The van der Waals surface area contributed by atoms with Gasteiger partial charge in [0.25, 0.3) is 0 Å². The molecule has 1 heterocycles. The van der Waals surface area contributed by atoms with E-state index in [9.17, 15) is 10.2 Å². The lowest BCUT2D eigenvalue weighted by Crippen LogP contribution is -2.00. The third-order valence-corrected chi connectivity index (χ3v) is 4.67. The number of anilines is 1. The quantitative estimate of drug-likeness (QED) is 0.765. The van der Waals surface area contributed by atoms with Crippen LogP contribution in [-0.4, -0.2) is 15.2 Å². The second kappa shape index (κ2) is 5.91. The van der Waals surface area contributed by atoms with E-state index in [0.29, 0.717) is 5.92 Å². The Morgan fingerprint density at radius 3 is 2.70 bits per heavy atom. The Kier molecular flexibility index (Phi) is 4.00. The van der Waals surface area contributed by atoms with Crippen molar-refractivity contribution < 1.29 is 10.2 Å². The molecule has 0 saturated heterocycles. The monoisotopic (exact) mass is 290 g/mol. The lowest BCUT2D eigenvalue weighted by molar-refractivity contribution is 0.260. The molecule has 20 heavy (non-hydrogen) atoms. The first-order chi connectivity index (χ1) is 9.80. The molecule has 0 amide bonds. The average molecular weight is 290 g/mol. The average Bonchev–Trinajstić information content (AvgIpc) is 3.23. The number of hydrogen-bond acceptors (Lipinski definition) is 5. The summed E-state index contributed by atoms with van der Waals surface area (Å²) in [5.74, 6) is 0.707. The number of nitrogens with zero attached hydrogens (tertiary/aromatic N) is 1. The minimum absolute atomic E-state index is 0.0459. The van der Waals surface area contributed by atoms with Crippen molar-refractivity contribution in [3.05, 3.63) is 45.4 Å². The van der Waals surface area contributed by atoms with Gasteiger partial charge in [0, 0.05) is 22.7 Å². The molecule has 1 aliphatic carbocycles. The number of aliphatic hydroxyl groups excluding tert-OH is 2. The van der Waals surface area contributed by atoms with Crippen molar-refractivity contribution >= 4 is 17.0 Å². The highest BCUT2D eigenvalue weighted by molar-refractivity contribution is 7.11. The van der Waals surface area contributed by atoms with Crippen LogP contribution in [0.3, 0.4) is 0 Å². The Balaban J connectivity index is 1.64. The molecule has 3 N–H and O–H groups in total. The fourth-order valence-corrected chi connectivity index (χ4v) is 3.18. The van der Waals surface area contributed by atoms with E-state index < -0.39 is 0 Å². The molecule has 1 aromatic heterocycles. The molecule has 0 spiro atoms. The predicted octanol–water partition coefficient (Wildman–Crippen LogP) is 2.62. The van der Waals surface area contributed by atoms with E-state index >= 15 is 0 Å². The third-order valence-electron chi connectivity index (χ3n) is 3.51. The molecule has 1 aromatic carbocycles. The van der Waals surface area contributed by atoms with Gasteiger partial charge >= 0.3 is 0 Å². The molecule has 0 unspecified atom stereocenters. The van der Waals surface area contributed by atoms with Gasteiger partial charge in [-0.05, 0) is 36.1 Å². The van der Waals surface area contributed by atoms with E-state index in [1.807, 2.05) is 24.4 Å². The zero-order chi connectivity index (χ0) is 13.9. The Bertz CT molecular complexity index is 593. The smallest absolute Gasteiger partial charge is 0.0959 e. The summed E-state index contributed by atoms with van der Waals surface area (Å²) in [7, 11) is 0. The number of benzene rings is 1. The highest BCUT2D eigenvalue weighted by Gasteiger charge is 2.26. The number of rotatable bonds is 6. The maximum Gasteiger partial charge on any atom is 0.0959 e. The van der Waals surface area contributed by atoms with Crippen LogP contribution in [0, 0.1) is 0 Å². The molecule has 0 radical (unpaired) electrons. The summed E-state index contributed by atoms with van der Waals surface area (Å²) >= 11 is 1.78. The highest BCUT2D eigenvalue weighted by Crippen LogP contribution is 2.41. The number of aliphatic hydroxyl groups is 2. The fraction of sp³-hybridized carbons (Fsp3) is 0.400. The van der Waals surface area contributed by atoms with Gasteiger partial charge in [0.05, 0.1) is 24.8 Å². The van der Waals surface area contributed by atoms with Crippen LogP contribution in [-0.2, 0) is 19.8 Å². The van der Waals surface area contributed by atoms with Crippen LogP contribution in [0.2, 0.25) is 0 Å². The maximum atomic E-state index is 9.28. The molecule has 1 saturated carbocycles. The topological polar surface area (TPSA) is 65.4 Å². The van der Waals surface area contributed by atoms with Gasteiger partial charge in [-0.1, -0.05) is 6.07 Å². The van der Waals surface area contributed by atoms with Crippen LogP contribution in [0.4, 0.5) is 5.69 Å². The van der Waals surface area contributed by atoms with Crippen molar-refractivity contribution in [2.24, 2.45) is 0 Å². The minimum atomic E-state index is -0.0577. The van der Waals surface area contributed by atoms with Gasteiger partial charge in [0.2, 0.25) is 0 Å². The van der Waals surface area contributed by atoms with Crippen LogP contribution >= 0.6 is 11.3 Å². The molecule has 0 atom stereocenters. The molecule has 4 nitrogen and oxygen atoms in total. The Hall–Kier alpha value is -1.43. The maximum absolute atomic E-state index is 9.28. The van der Waals surface area contributed by atoms with E-state index in [2.05, 4.69) is 10.3 Å². The first kappa shape index (κ1) is 13.5. The van der Waals surface area contributed by atoms with Gasteiger partial charge in [0.15, 0.2) is 0 Å². The largest absolute Gasteiger partial charge is 0.392 e. The minimum Gasteiger partial charge on any atom is -0.392 e. The second-order valence-electron chi connectivity index (χ2n) is 5.09. The van der Waals surface area contributed by atoms with E-state index in [1.54, 1.807) is 11.3 Å². The molecule has 3 rings (SSSR count). The lowest BCUT2D eigenvalue weighted by Gasteiger charge is -2.09. The van der Waals surface area contributed by atoms with Crippen LogP contribution in [0.25, 0.3) is 0 Å². The number of hydrogen-bond donors (Lipinski definition) is 3. The Labute approximate surface area is 122 Å². The van der Waals surface area contributed by atoms with Gasteiger partial charge in [0.1, 0.15) is 0 Å². The van der Waals surface area contributed by atoms with Crippen molar-refractivity contribution in [1.29, 1.82) is 0 Å². The molecule has 1 aliphatic rings. The first-order valence-corrected chi connectivity index (χ1v) is 7.64. The first-order valence-electron chi connectivity index (χ1n) is 6.82.